The number of carbonyl (C=O) groups excluding carboxylic acids is 2. The van der Waals surface area contributed by atoms with E-state index in [0.717, 1.165) is 31.6 Å². The minimum atomic E-state index is -0.0884. The van der Waals surface area contributed by atoms with Gasteiger partial charge in [-0.2, -0.15) is 0 Å². The van der Waals surface area contributed by atoms with Crippen LogP contribution in [-0.2, 0) is 9.59 Å². The van der Waals surface area contributed by atoms with Crippen molar-refractivity contribution < 1.29 is 9.59 Å². The van der Waals surface area contributed by atoms with Crippen LogP contribution in [0.5, 0.6) is 0 Å². The summed E-state index contributed by atoms with van der Waals surface area (Å²) in [5, 5.41) is 14.2. The topological polar surface area (TPSA) is 87.2 Å². The van der Waals surface area contributed by atoms with Crippen molar-refractivity contribution in [2.24, 2.45) is 5.92 Å². The van der Waals surface area contributed by atoms with Crippen LogP contribution < -0.4 is 15.5 Å². The highest BCUT2D eigenvalue weighted by atomic mass is 32.2. The van der Waals surface area contributed by atoms with E-state index in [2.05, 4.69) is 37.9 Å². The molecule has 2 N–H and O–H groups in total. The summed E-state index contributed by atoms with van der Waals surface area (Å²) in [7, 11) is 0. The first-order valence-corrected chi connectivity index (χ1v) is 11.4. The minimum Gasteiger partial charge on any atom is -0.372 e. The van der Waals surface area contributed by atoms with Gasteiger partial charge in [-0.15, -0.1) is 10.2 Å². The summed E-state index contributed by atoms with van der Waals surface area (Å²) >= 11 is 2.61. The third kappa shape index (κ3) is 5.23. The lowest BCUT2D eigenvalue weighted by molar-refractivity contribution is -0.117. The number of rotatable bonds is 7. The van der Waals surface area contributed by atoms with Gasteiger partial charge in [-0.3, -0.25) is 9.59 Å². The van der Waals surface area contributed by atoms with E-state index in [1.54, 1.807) is 0 Å². The van der Waals surface area contributed by atoms with Crippen molar-refractivity contribution in [1.82, 2.24) is 10.2 Å². The quantitative estimate of drug-likeness (QED) is 0.529. The number of thioether (sulfide) groups is 1. The molecule has 4 rings (SSSR count). The predicted molar refractivity (Wildman–Crippen MR) is 113 cm³/mol. The van der Waals surface area contributed by atoms with Gasteiger partial charge in [0.2, 0.25) is 16.9 Å². The van der Waals surface area contributed by atoms with Gasteiger partial charge in [0.15, 0.2) is 4.34 Å². The van der Waals surface area contributed by atoms with Gasteiger partial charge in [0.05, 0.1) is 5.75 Å². The Morgan fingerprint density at radius 3 is 2.54 bits per heavy atom. The van der Waals surface area contributed by atoms with Gasteiger partial charge in [-0.25, -0.2) is 0 Å². The second-order valence-electron chi connectivity index (χ2n) is 7.07. The number of nitrogens with one attached hydrogen (secondary N) is 2. The molecule has 0 spiro atoms. The van der Waals surface area contributed by atoms with Crippen LogP contribution in [0.3, 0.4) is 0 Å². The fourth-order valence-corrected chi connectivity index (χ4v) is 4.66. The van der Waals surface area contributed by atoms with Crippen LogP contribution in [0, 0.1) is 5.92 Å². The Labute approximate surface area is 172 Å². The van der Waals surface area contributed by atoms with E-state index in [1.165, 1.54) is 48.0 Å². The number of carbonyl (C=O) groups is 2. The Hall–Kier alpha value is -2.13. The molecule has 2 amide bonds. The molecule has 9 heteroatoms. The predicted octanol–water partition coefficient (Wildman–Crippen LogP) is 3.61. The fraction of sp³-hybridized carbons (Fsp3) is 0.474. The highest BCUT2D eigenvalue weighted by Crippen LogP contribution is 2.32. The molecule has 1 aromatic carbocycles. The van der Waals surface area contributed by atoms with Crippen LogP contribution in [0.2, 0.25) is 0 Å². The average molecular weight is 418 g/mol. The lowest BCUT2D eigenvalue weighted by atomic mass is 10.1. The van der Waals surface area contributed by atoms with Crippen LogP contribution >= 0.6 is 23.1 Å². The molecule has 1 aliphatic carbocycles. The first-order chi connectivity index (χ1) is 13.7. The second-order valence-corrected chi connectivity index (χ2v) is 9.27. The lowest BCUT2D eigenvalue weighted by Crippen LogP contribution is -2.29. The summed E-state index contributed by atoms with van der Waals surface area (Å²) in [6.45, 7) is 2.21. The molecule has 0 unspecified atom stereocenters. The van der Waals surface area contributed by atoms with Crippen molar-refractivity contribution in [3.8, 4) is 0 Å². The van der Waals surface area contributed by atoms with Crippen LogP contribution in [0.1, 0.15) is 32.1 Å². The molecule has 0 bridgehead atoms. The van der Waals surface area contributed by atoms with Crippen molar-refractivity contribution in [3.05, 3.63) is 24.3 Å². The largest absolute Gasteiger partial charge is 0.372 e. The first kappa shape index (κ1) is 19.2. The molecule has 2 heterocycles. The molecule has 1 aliphatic heterocycles. The monoisotopic (exact) mass is 417 g/mol. The zero-order valence-corrected chi connectivity index (χ0v) is 17.2. The molecule has 1 aromatic heterocycles. The van der Waals surface area contributed by atoms with E-state index in [0.29, 0.717) is 9.47 Å². The zero-order valence-electron chi connectivity index (χ0n) is 15.5. The van der Waals surface area contributed by atoms with Gasteiger partial charge >= 0.3 is 0 Å². The number of anilines is 3. The summed E-state index contributed by atoms with van der Waals surface area (Å²) in [6.07, 6.45) is 5.70. The highest BCUT2D eigenvalue weighted by Gasteiger charge is 2.30. The Kier molecular flexibility index (Phi) is 6.11. The normalized spacial score (nSPS) is 16.6. The Morgan fingerprint density at radius 1 is 1.07 bits per heavy atom. The number of hydrogen-bond donors (Lipinski definition) is 2. The molecule has 0 atom stereocenters. The van der Waals surface area contributed by atoms with E-state index >= 15 is 0 Å². The lowest BCUT2D eigenvalue weighted by Gasteiger charge is -2.28. The molecule has 28 heavy (non-hydrogen) atoms. The molecule has 2 fully saturated rings. The van der Waals surface area contributed by atoms with E-state index < -0.39 is 0 Å². The molecular weight excluding hydrogens is 394 g/mol. The van der Waals surface area contributed by atoms with Crippen LogP contribution in [-0.4, -0.2) is 40.9 Å². The number of hydrogen-bond acceptors (Lipinski definition) is 7. The molecule has 2 aliphatic rings. The minimum absolute atomic E-state index is 0.0124. The number of benzene rings is 1. The van der Waals surface area contributed by atoms with Crippen molar-refractivity contribution >= 4 is 51.4 Å². The number of nitrogens with zero attached hydrogens (tertiary/aromatic N) is 3. The smallest absolute Gasteiger partial charge is 0.234 e. The van der Waals surface area contributed by atoms with Crippen molar-refractivity contribution in [3.63, 3.8) is 0 Å². The third-order valence-electron chi connectivity index (χ3n) is 4.78. The maximum absolute atomic E-state index is 12.2. The second kappa shape index (κ2) is 8.91. The number of piperidine rings is 1. The molecule has 7 nitrogen and oxygen atoms in total. The summed E-state index contributed by atoms with van der Waals surface area (Å²) in [5.74, 6) is 0.305. The van der Waals surface area contributed by atoms with Crippen molar-refractivity contribution in [2.75, 3.05) is 34.4 Å². The number of aromatic nitrogens is 2. The maximum atomic E-state index is 12.2. The molecular formula is C19H23N5O2S2. The molecule has 0 radical (unpaired) electrons. The Balaban J connectivity index is 1.23. The Morgan fingerprint density at radius 2 is 1.82 bits per heavy atom. The Bertz CT molecular complexity index is 829. The molecule has 2 aromatic rings. The third-order valence-corrected chi connectivity index (χ3v) is 6.76. The van der Waals surface area contributed by atoms with Gasteiger partial charge < -0.3 is 15.5 Å². The van der Waals surface area contributed by atoms with Crippen molar-refractivity contribution in [1.29, 1.82) is 0 Å². The summed E-state index contributed by atoms with van der Waals surface area (Å²) < 4.78 is 0.668. The highest BCUT2D eigenvalue weighted by molar-refractivity contribution is 8.01. The van der Waals surface area contributed by atoms with E-state index in [-0.39, 0.29) is 23.5 Å². The molecule has 1 saturated heterocycles. The molecule has 1 saturated carbocycles. The van der Waals surface area contributed by atoms with Crippen LogP contribution in [0.4, 0.5) is 16.5 Å². The first-order valence-electron chi connectivity index (χ1n) is 9.59. The van der Waals surface area contributed by atoms with Crippen LogP contribution in [0.15, 0.2) is 28.6 Å². The van der Waals surface area contributed by atoms with Crippen molar-refractivity contribution in [2.45, 2.75) is 36.4 Å². The fourth-order valence-electron chi connectivity index (χ4n) is 3.10. The van der Waals surface area contributed by atoms with Crippen LogP contribution in [0.25, 0.3) is 0 Å². The van der Waals surface area contributed by atoms with Gasteiger partial charge in [0.25, 0.3) is 0 Å². The maximum Gasteiger partial charge on any atom is 0.234 e. The van der Waals surface area contributed by atoms with Gasteiger partial charge in [0, 0.05) is 30.4 Å². The summed E-state index contributed by atoms with van der Waals surface area (Å²) in [5.41, 5.74) is 2.00. The summed E-state index contributed by atoms with van der Waals surface area (Å²) in [6, 6.07) is 8.02. The summed E-state index contributed by atoms with van der Waals surface area (Å²) in [4.78, 5) is 26.3. The van der Waals surface area contributed by atoms with Gasteiger partial charge in [0.1, 0.15) is 0 Å². The van der Waals surface area contributed by atoms with Gasteiger partial charge in [-0.05, 0) is 56.4 Å². The molecule has 148 valence electrons. The van der Waals surface area contributed by atoms with E-state index in [4.69, 9.17) is 0 Å². The van der Waals surface area contributed by atoms with Gasteiger partial charge in [-0.1, -0.05) is 23.1 Å². The van der Waals surface area contributed by atoms with E-state index in [1.807, 2.05) is 12.1 Å². The average Bonchev–Trinajstić information content (AvgIpc) is 3.48. The SMILES string of the molecule is O=C(CSc1nnc(NC(=O)C2CC2)s1)Nc1ccc(N2CCCCC2)cc1. The van der Waals surface area contributed by atoms with E-state index in [9.17, 15) is 9.59 Å². The standard InChI is InChI=1S/C19H23N5O2S2/c25-16(12-27-19-23-22-18(28-19)21-17(26)13-4-5-13)20-14-6-8-15(9-7-14)24-10-2-1-3-11-24/h6-9,13H,1-5,10-12H2,(H,20,25)(H,21,22,26). The number of amides is 2. The zero-order chi connectivity index (χ0) is 19.3.